The van der Waals surface area contributed by atoms with Gasteiger partial charge in [-0.05, 0) is 121 Å². The number of rotatable bonds is 12. The van der Waals surface area contributed by atoms with Crippen LogP contribution in [0.5, 0.6) is 0 Å². The normalized spacial score (nSPS) is 23.5. The monoisotopic (exact) mass is 940 g/mol. The molecule has 2 aromatic heterocycles. The van der Waals surface area contributed by atoms with E-state index in [1.54, 1.807) is 0 Å². The van der Waals surface area contributed by atoms with E-state index in [1.807, 2.05) is 22.2 Å². The maximum Gasteiger partial charge on any atom is 0.407 e. The van der Waals surface area contributed by atoms with Gasteiger partial charge in [0.15, 0.2) is 0 Å². The smallest absolute Gasteiger partial charge is 0.407 e. The number of benzene rings is 3. The number of hydrogen-bond acceptors (Lipinski definition) is 10. The minimum Gasteiger partial charge on any atom is -0.453 e. The van der Waals surface area contributed by atoms with Gasteiger partial charge in [0.25, 0.3) is 0 Å². The van der Waals surface area contributed by atoms with Crippen molar-refractivity contribution in [1.29, 1.82) is 0 Å². The lowest BCUT2D eigenvalue weighted by Crippen LogP contribution is -2.55. The number of carbonyl (C=O) groups excluding carboxylic acids is 4. The van der Waals surface area contributed by atoms with Crippen molar-refractivity contribution in [3.05, 3.63) is 84.7 Å². The first-order valence-corrected chi connectivity index (χ1v) is 24.8. The summed E-state index contributed by atoms with van der Waals surface area (Å²) in [4.78, 5) is 74.7. The molecule has 4 amide bonds. The van der Waals surface area contributed by atoms with Crippen LogP contribution in [0.15, 0.2) is 73.1 Å². The Kier molecular flexibility index (Phi) is 13.2. The molecule has 4 saturated heterocycles. The first-order chi connectivity index (χ1) is 33.5. The molecular formula is C53H64N8O8. The molecule has 1 saturated carbocycles. The molecule has 16 nitrogen and oxygen atoms in total. The largest absolute Gasteiger partial charge is 0.453 e. The van der Waals surface area contributed by atoms with E-state index >= 15 is 0 Å². The molecule has 6 heterocycles. The fourth-order valence-corrected chi connectivity index (χ4v) is 11.6. The molecule has 69 heavy (non-hydrogen) atoms. The molecule has 4 N–H and O–H groups in total. The second-order valence-electron chi connectivity index (χ2n) is 20.0. The van der Waals surface area contributed by atoms with Gasteiger partial charge in [0.2, 0.25) is 11.8 Å². The molecule has 4 aliphatic heterocycles. The van der Waals surface area contributed by atoms with Crippen LogP contribution >= 0.6 is 0 Å². The van der Waals surface area contributed by atoms with Crippen LogP contribution in [-0.4, -0.2) is 119 Å². The van der Waals surface area contributed by atoms with Gasteiger partial charge in [0, 0.05) is 44.6 Å². The molecular weight excluding hydrogens is 877 g/mol. The third-order valence-corrected chi connectivity index (χ3v) is 15.7. The summed E-state index contributed by atoms with van der Waals surface area (Å²) < 4.78 is 21.1. The van der Waals surface area contributed by atoms with Crippen LogP contribution in [0.1, 0.15) is 95.4 Å². The van der Waals surface area contributed by atoms with Crippen LogP contribution < -0.4 is 10.6 Å². The lowest BCUT2D eigenvalue weighted by atomic mass is 9.90. The highest BCUT2D eigenvalue weighted by atomic mass is 16.5. The SMILES string of the molecule is CCC1CC(C)C(c2ncc(-c3ccc(-c4ccc5cc(-c6cnc(C7CC8(CC8)CN7C(=O)C(NC(=O)OC)C7CCOCC7)[nH]6)ccc5c4)cc3)[nH]2)N1C(=O)C(NC(=O)OC)C1CCOCC1. The van der Waals surface area contributed by atoms with Crippen LogP contribution in [-0.2, 0) is 28.5 Å². The Labute approximate surface area is 402 Å². The summed E-state index contributed by atoms with van der Waals surface area (Å²) in [5, 5.41) is 7.95. The van der Waals surface area contributed by atoms with Crippen molar-refractivity contribution in [1.82, 2.24) is 40.4 Å². The van der Waals surface area contributed by atoms with Crippen molar-refractivity contribution in [3.63, 3.8) is 0 Å². The number of fused-ring (bicyclic) bond motifs is 1. The number of imidazole rings is 2. The summed E-state index contributed by atoms with van der Waals surface area (Å²) in [6.07, 6.45) is 9.90. The molecule has 364 valence electrons. The van der Waals surface area contributed by atoms with Crippen molar-refractivity contribution in [2.45, 2.75) is 102 Å². The van der Waals surface area contributed by atoms with Crippen LogP contribution in [0, 0.1) is 23.2 Å². The number of ether oxygens (including phenoxy) is 4. The Morgan fingerprint density at radius 1 is 0.725 bits per heavy atom. The quantitative estimate of drug-likeness (QED) is 0.0945. The Balaban J connectivity index is 0.835. The van der Waals surface area contributed by atoms with Crippen molar-refractivity contribution >= 4 is 34.8 Å². The highest BCUT2D eigenvalue weighted by molar-refractivity contribution is 5.91. The number of likely N-dealkylation sites (tertiary alicyclic amines) is 2. The molecule has 5 aromatic rings. The van der Waals surface area contributed by atoms with Gasteiger partial charge in [-0.2, -0.15) is 0 Å². The Bertz CT molecular complexity index is 2670. The Morgan fingerprint density at radius 3 is 1.84 bits per heavy atom. The molecule has 1 aliphatic carbocycles. The van der Waals surface area contributed by atoms with Gasteiger partial charge in [-0.15, -0.1) is 0 Å². The van der Waals surface area contributed by atoms with Crippen molar-refractivity contribution in [2.24, 2.45) is 23.2 Å². The molecule has 0 bridgehead atoms. The van der Waals surface area contributed by atoms with E-state index in [4.69, 9.17) is 28.9 Å². The number of nitrogens with one attached hydrogen (secondary N) is 4. The maximum absolute atomic E-state index is 14.5. The maximum atomic E-state index is 14.5. The number of carbonyl (C=O) groups is 4. The zero-order chi connectivity index (χ0) is 47.8. The van der Waals surface area contributed by atoms with E-state index in [2.05, 4.69) is 95.1 Å². The lowest BCUT2D eigenvalue weighted by Gasteiger charge is -2.37. The highest BCUT2D eigenvalue weighted by Crippen LogP contribution is 2.58. The first-order valence-electron chi connectivity index (χ1n) is 24.8. The fourth-order valence-electron chi connectivity index (χ4n) is 11.6. The first kappa shape index (κ1) is 46.5. The molecule has 3 aromatic carbocycles. The van der Waals surface area contributed by atoms with Gasteiger partial charge in [0.1, 0.15) is 23.7 Å². The van der Waals surface area contributed by atoms with E-state index in [0.29, 0.717) is 58.7 Å². The van der Waals surface area contributed by atoms with E-state index in [0.717, 1.165) is 88.2 Å². The van der Waals surface area contributed by atoms with Crippen LogP contribution in [0.3, 0.4) is 0 Å². The second-order valence-corrected chi connectivity index (χ2v) is 20.0. The number of alkyl carbamates (subject to hydrolysis) is 2. The van der Waals surface area contributed by atoms with E-state index < -0.39 is 24.3 Å². The summed E-state index contributed by atoms with van der Waals surface area (Å²) >= 11 is 0. The number of amides is 4. The standard InChI is InChI=1S/C53H64N8O8/c1-5-40-24-31(2)46(61(40)50(63)45(59-52(65)67-4)35-16-22-69-23-17-35)48-55-28-41(57-48)33-8-6-32(7-9-33)36-10-11-38-26-39(13-12-37(38)25-36)42-29-54-47(56-42)43-27-53(18-19-53)30-60(43)49(62)44(58-51(64)66-3)34-14-20-68-21-15-34/h6-13,25-26,28-29,31,34-35,40,43-46H,5,14-24,27,30H2,1-4H3,(H,54,56)(H,55,57)(H,58,64)(H,59,65). The summed E-state index contributed by atoms with van der Waals surface area (Å²) in [5.41, 5.74) is 6.01. The molecule has 6 unspecified atom stereocenters. The van der Waals surface area contributed by atoms with Gasteiger partial charge in [-0.3, -0.25) is 9.59 Å². The van der Waals surface area contributed by atoms with Crippen molar-refractivity contribution in [3.8, 4) is 33.6 Å². The average Bonchev–Trinajstić information content (AvgIpc) is 3.82. The number of hydrogen-bond donors (Lipinski definition) is 4. The third-order valence-electron chi connectivity index (χ3n) is 15.7. The summed E-state index contributed by atoms with van der Waals surface area (Å²) in [6.45, 7) is 7.16. The fraction of sp³-hybridized carbons (Fsp3) is 0.509. The topological polar surface area (TPSA) is 193 Å². The molecule has 10 rings (SSSR count). The Morgan fingerprint density at radius 2 is 1.25 bits per heavy atom. The van der Waals surface area contributed by atoms with Gasteiger partial charge in [-0.25, -0.2) is 19.6 Å². The minimum atomic E-state index is -0.712. The van der Waals surface area contributed by atoms with Crippen molar-refractivity contribution in [2.75, 3.05) is 47.2 Å². The number of nitrogens with zero attached hydrogens (tertiary/aromatic N) is 4. The number of methoxy groups -OCH3 is 2. The molecule has 16 heteroatoms. The van der Waals surface area contributed by atoms with Gasteiger partial charge in [-0.1, -0.05) is 62.4 Å². The lowest BCUT2D eigenvalue weighted by molar-refractivity contribution is -0.139. The van der Waals surface area contributed by atoms with Crippen LogP contribution in [0.4, 0.5) is 9.59 Å². The minimum absolute atomic E-state index is 0.0151. The second kappa shape index (κ2) is 19.6. The molecule has 5 fully saturated rings. The third kappa shape index (κ3) is 9.44. The van der Waals surface area contributed by atoms with Gasteiger partial charge < -0.3 is 49.3 Å². The molecule has 1 spiro atoms. The van der Waals surface area contributed by atoms with E-state index in [-0.39, 0.29) is 53.1 Å². The molecule has 5 aliphatic rings. The molecule has 6 atom stereocenters. The predicted octanol–water partition coefficient (Wildman–Crippen LogP) is 8.33. The summed E-state index contributed by atoms with van der Waals surface area (Å²) in [5.74, 6) is 1.39. The van der Waals surface area contributed by atoms with Crippen LogP contribution in [0.2, 0.25) is 0 Å². The molecule has 0 radical (unpaired) electrons. The van der Waals surface area contributed by atoms with Crippen molar-refractivity contribution < 1.29 is 38.1 Å². The summed E-state index contributed by atoms with van der Waals surface area (Å²) in [7, 11) is 2.65. The number of aromatic amines is 2. The highest BCUT2D eigenvalue weighted by Gasteiger charge is 2.55. The predicted molar refractivity (Wildman–Crippen MR) is 258 cm³/mol. The average molecular weight is 941 g/mol. The van der Waals surface area contributed by atoms with Gasteiger partial charge >= 0.3 is 12.2 Å². The van der Waals surface area contributed by atoms with E-state index in [1.165, 1.54) is 14.2 Å². The van der Waals surface area contributed by atoms with Gasteiger partial charge in [0.05, 0.1) is 50.1 Å². The zero-order valence-electron chi connectivity index (χ0n) is 40.0. The number of aromatic nitrogens is 4. The zero-order valence-corrected chi connectivity index (χ0v) is 40.0. The Hall–Kier alpha value is -6.26. The summed E-state index contributed by atoms with van der Waals surface area (Å²) in [6, 6.07) is 19.5. The number of H-pyrrole nitrogens is 2. The van der Waals surface area contributed by atoms with E-state index in [9.17, 15) is 19.2 Å². The van der Waals surface area contributed by atoms with Crippen LogP contribution in [0.25, 0.3) is 44.4 Å².